The third kappa shape index (κ3) is 4.58. The first-order valence-electron chi connectivity index (χ1n) is 7.67. The number of hydrogen-bond donors (Lipinski definition) is 1. The Morgan fingerprint density at radius 3 is 2.92 bits per heavy atom. The minimum absolute atomic E-state index is 0.128. The Morgan fingerprint density at radius 2 is 2.25 bits per heavy atom. The largest absolute Gasteiger partial charge is 0.382 e. The Kier molecular flexibility index (Phi) is 6.82. The molecule has 1 amide bonds. The van der Waals surface area contributed by atoms with Crippen LogP contribution in [-0.4, -0.2) is 33.9 Å². The first kappa shape index (κ1) is 19.0. The Bertz CT molecular complexity index is 794. The van der Waals surface area contributed by atoms with Crippen molar-refractivity contribution in [1.82, 2.24) is 9.55 Å². The normalized spacial score (nSPS) is 12.5. The second-order valence-electron chi connectivity index (χ2n) is 5.23. The van der Waals surface area contributed by atoms with E-state index in [-0.39, 0.29) is 5.56 Å². The lowest BCUT2D eigenvalue weighted by molar-refractivity contribution is -0.117. The number of primary amides is 1. The van der Waals surface area contributed by atoms with Crippen molar-refractivity contribution in [3.63, 3.8) is 0 Å². The van der Waals surface area contributed by atoms with Crippen LogP contribution in [0.3, 0.4) is 0 Å². The number of halogens is 1. The molecule has 0 aliphatic rings. The standard InChI is InChI=1S/C16H20BrN3O3S/c1-3-23-8-4-7-20-15(22)12-9-11(17)5-6-13(12)19-16(20)24-10(2)14(18)21/h5-6,9-10H,3-4,7-8H2,1-2H3,(H2,18,21). The Labute approximate surface area is 152 Å². The fourth-order valence-corrected chi connectivity index (χ4v) is 3.39. The van der Waals surface area contributed by atoms with Gasteiger partial charge in [0.1, 0.15) is 0 Å². The number of rotatable bonds is 8. The first-order valence-corrected chi connectivity index (χ1v) is 9.35. The van der Waals surface area contributed by atoms with E-state index >= 15 is 0 Å². The maximum Gasteiger partial charge on any atom is 0.262 e. The zero-order valence-corrected chi connectivity index (χ0v) is 16.0. The smallest absolute Gasteiger partial charge is 0.262 e. The van der Waals surface area contributed by atoms with E-state index in [0.29, 0.717) is 42.2 Å². The van der Waals surface area contributed by atoms with Crippen LogP contribution in [0.25, 0.3) is 10.9 Å². The predicted octanol–water partition coefficient (Wildman–Crippen LogP) is 2.55. The van der Waals surface area contributed by atoms with E-state index in [1.807, 2.05) is 13.0 Å². The van der Waals surface area contributed by atoms with E-state index in [0.717, 1.165) is 4.47 Å². The molecule has 0 spiro atoms. The van der Waals surface area contributed by atoms with Crippen molar-refractivity contribution in [3.05, 3.63) is 33.0 Å². The average molecular weight is 414 g/mol. The summed E-state index contributed by atoms with van der Waals surface area (Å²) in [7, 11) is 0. The number of nitrogens with zero attached hydrogens (tertiary/aromatic N) is 2. The van der Waals surface area contributed by atoms with E-state index in [9.17, 15) is 9.59 Å². The molecule has 0 aliphatic heterocycles. The van der Waals surface area contributed by atoms with Gasteiger partial charge in [-0.25, -0.2) is 4.98 Å². The highest BCUT2D eigenvalue weighted by molar-refractivity contribution is 9.10. The van der Waals surface area contributed by atoms with Crippen LogP contribution in [-0.2, 0) is 16.1 Å². The quantitative estimate of drug-likeness (QED) is 0.408. The summed E-state index contributed by atoms with van der Waals surface area (Å²) in [6, 6.07) is 5.38. The van der Waals surface area contributed by atoms with Gasteiger partial charge < -0.3 is 10.5 Å². The Hall–Kier alpha value is -1.38. The summed E-state index contributed by atoms with van der Waals surface area (Å²) in [5.41, 5.74) is 5.82. The van der Waals surface area contributed by atoms with Crippen molar-refractivity contribution in [1.29, 1.82) is 0 Å². The van der Waals surface area contributed by atoms with Gasteiger partial charge in [-0.05, 0) is 38.5 Å². The summed E-state index contributed by atoms with van der Waals surface area (Å²) in [4.78, 5) is 28.8. The molecule has 0 bridgehead atoms. The summed E-state index contributed by atoms with van der Waals surface area (Å²) in [5, 5.41) is 0.567. The molecule has 1 aromatic carbocycles. The topological polar surface area (TPSA) is 87.2 Å². The van der Waals surface area contributed by atoms with Crippen LogP contribution < -0.4 is 11.3 Å². The fraction of sp³-hybridized carbons (Fsp3) is 0.438. The number of fused-ring (bicyclic) bond motifs is 1. The van der Waals surface area contributed by atoms with Crippen molar-refractivity contribution in [2.45, 2.75) is 37.2 Å². The maximum absolute atomic E-state index is 12.8. The number of amides is 1. The van der Waals surface area contributed by atoms with E-state index in [1.165, 1.54) is 11.8 Å². The van der Waals surface area contributed by atoms with Crippen LogP contribution in [0.1, 0.15) is 20.3 Å². The number of aromatic nitrogens is 2. The van der Waals surface area contributed by atoms with Crippen LogP contribution in [0.4, 0.5) is 0 Å². The van der Waals surface area contributed by atoms with Crippen LogP contribution in [0, 0.1) is 0 Å². The number of carbonyl (C=O) groups is 1. The molecule has 2 aromatic rings. The van der Waals surface area contributed by atoms with Crippen LogP contribution in [0.2, 0.25) is 0 Å². The molecule has 1 unspecified atom stereocenters. The zero-order chi connectivity index (χ0) is 17.7. The van der Waals surface area contributed by atoms with E-state index in [2.05, 4.69) is 20.9 Å². The molecule has 0 saturated heterocycles. The van der Waals surface area contributed by atoms with Crippen molar-refractivity contribution >= 4 is 44.5 Å². The second kappa shape index (κ2) is 8.64. The highest BCUT2D eigenvalue weighted by atomic mass is 79.9. The highest BCUT2D eigenvalue weighted by Crippen LogP contribution is 2.23. The molecule has 2 rings (SSSR count). The summed E-state index contributed by atoms with van der Waals surface area (Å²) in [5.74, 6) is -0.439. The monoisotopic (exact) mass is 413 g/mol. The number of thioether (sulfide) groups is 1. The van der Waals surface area contributed by atoms with Gasteiger partial charge in [-0.1, -0.05) is 27.7 Å². The van der Waals surface area contributed by atoms with Crippen LogP contribution in [0.5, 0.6) is 0 Å². The average Bonchev–Trinajstić information content (AvgIpc) is 2.54. The second-order valence-corrected chi connectivity index (χ2v) is 7.45. The van der Waals surface area contributed by atoms with E-state index in [1.54, 1.807) is 23.6 Å². The Balaban J connectivity index is 2.45. The molecular weight excluding hydrogens is 394 g/mol. The van der Waals surface area contributed by atoms with E-state index < -0.39 is 11.2 Å². The summed E-state index contributed by atoms with van der Waals surface area (Å²) in [6.45, 7) is 5.31. The van der Waals surface area contributed by atoms with Crippen LogP contribution >= 0.6 is 27.7 Å². The minimum atomic E-state index is -0.469. The SMILES string of the molecule is CCOCCCn1c(SC(C)C(N)=O)nc2ccc(Br)cc2c1=O. The third-order valence-electron chi connectivity index (χ3n) is 3.44. The van der Waals surface area contributed by atoms with E-state index in [4.69, 9.17) is 10.5 Å². The number of nitrogens with two attached hydrogens (primary N) is 1. The van der Waals surface area contributed by atoms with Crippen molar-refractivity contribution < 1.29 is 9.53 Å². The number of benzene rings is 1. The van der Waals surface area contributed by atoms with Gasteiger partial charge in [0.2, 0.25) is 5.91 Å². The number of hydrogen-bond acceptors (Lipinski definition) is 5. The zero-order valence-electron chi connectivity index (χ0n) is 13.6. The number of ether oxygens (including phenoxy) is 1. The summed E-state index contributed by atoms with van der Waals surface area (Å²) in [6.07, 6.45) is 0.688. The molecule has 2 N–H and O–H groups in total. The molecule has 130 valence electrons. The predicted molar refractivity (Wildman–Crippen MR) is 99.3 cm³/mol. The third-order valence-corrected chi connectivity index (χ3v) is 5.04. The van der Waals surface area contributed by atoms with Crippen molar-refractivity contribution in [2.75, 3.05) is 13.2 Å². The first-order chi connectivity index (χ1) is 11.4. The molecule has 0 fully saturated rings. The fourth-order valence-electron chi connectivity index (χ4n) is 2.15. The molecule has 6 nitrogen and oxygen atoms in total. The molecular formula is C16H20BrN3O3S. The van der Waals surface area contributed by atoms with Gasteiger partial charge in [0.25, 0.3) is 5.56 Å². The summed E-state index contributed by atoms with van der Waals surface area (Å²) >= 11 is 4.58. The lowest BCUT2D eigenvalue weighted by Gasteiger charge is -2.15. The molecule has 0 saturated carbocycles. The van der Waals surface area contributed by atoms with Gasteiger partial charge in [-0.2, -0.15) is 0 Å². The van der Waals surface area contributed by atoms with Crippen molar-refractivity contribution in [3.8, 4) is 0 Å². The molecule has 1 heterocycles. The molecule has 0 aliphatic carbocycles. The maximum atomic E-state index is 12.8. The van der Waals surface area contributed by atoms with Crippen molar-refractivity contribution in [2.24, 2.45) is 5.73 Å². The van der Waals surface area contributed by atoms with Gasteiger partial charge in [-0.15, -0.1) is 0 Å². The molecule has 1 atom stereocenters. The van der Waals surface area contributed by atoms with Gasteiger partial charge in [0, 0.05) is 24.2 Å². The summed E-state index contributed by atoms with van der Waals surface area (Å²) < 4.78 is 7.75. The molecule has 8 heteroatoms. The lowest BCUT2D eigenvalue weighted by Crippen LogP contribution is -2.27. The number of carbonyl (C=O) groups excluding carboxylic acids is 1. The van der Waals surface area contributed by atoms with Crippen LogP contribution in [0.15, 0.2) is 32.6 Å². The molecule has 1 aromatic heterocycles. The molecule has 24 heavy (non-hydrogen) atoms. The Morgan fingerprint density at radius 1 is 1.50 bits per heavy atom. The van der Waals surface area contributed by atoms with Gasteiger partial charge in [0.05, 0.1) is 16.2 Å². The van der Waals surface area contributed by atoms with Gasteiger partial charge >= 0.3 is 0 Å². The highest BCUT2D eigenvalue weighted by Gasteiger charge is 2.17. The molecule has 0 radical (unpaired) electrons. The van der Waals surface area contributed by atoms with Gasteiger partial charge in [-0.3, -0.25) is 14.2 Å². The lowest BCUT2D eigenvalue weighted by atomic mass is 10.2. The van der Waals surface area contributed by atoms with Gasteiger partial charge in [0.15, 0.2) is 5.16 Å². The minimum Gasteiger partial charge on any atom is -0.382 e.